The second kappa shape index (κ2) is 5.68. The van der Waals surface area contributed by atoms with Gasteiger partial charge >= 0.3 is 0 Å². The van der Waals surface area contributed by atoms with Crippen LogP contribution < -0.4 is 5.73 Å². The van der Waals surface area contributed by atoms with Crippen molar-refractivity contribution in [1.29, 1.82) is 0 Å². The monoisotopic (exact) mass is 231 g/mol. The summed E-state index contributed by atoms with van der Waals surface area (Å²) in [6.07, 6.45) is 6.72. The SMILES string of the molecule is CCC1CCC(C(N)c2cccc(C)c2)CC1. The molecular formula is C16H25N. The normalized spacial score (nSPS) is 26.8. The molecule has 94 valence electrons. The maximum Gasteiger partial charge on any atom is 0.0323 e. The zero-order valence-electron chi connectivity index (χ0n) is 11.2. The topological polar surface area (TPSA) is 26.0 Å². The molecule has 0 bridgehead atoms. The van der Waals surface area contributed by atoms with Gasteiger partial charge in [0.05, 0.1) is 0 Å². The van der Waals surface area contributed by atoms with Gasteiger partial charge in [-0.1, -0.05) is 56.0 Å². The molecular weight excluding hydrogens is 206 g/mol. The summed E-state index contributed by atoms with van der Waals surface area (Å²) in [6.45, 7) is 4.45. The predicted octanol–water partition coefficient (Wildman–Crippen LogP) is 4.21. The van der Waals surface area contributed by atoms with Crippen LogP contribution in [0.1, 0.15) is 56.2 Å². The lowest BCUT2D eigenvalue weighted by molar-refractivity contribution is 0.240. The minimum Gasteiger partial charge on any atom is -0.324 e. The van der Waals surface area contributed by atoms with Crippen molar-refractivity contribution < 1.29 is 0 Å². The van der Waals surface area contributed by atoms with E-state index in [0.29, 0.717) is 5.92 Å². The number of nitrogens with two attached hydrogens (primary N) is 1. The van der Waals surface area contributed by atoms with E-state index in [2.05, 4.69) is 38.1 Å². The third kappa shape index (κ3) is 3.10. The van der Waals surface area contributed by atoms with Gasteiger partial charge in [0.15, 0.2) is 0 Å². The van der Waals surface area contributed by atoms with Crippen molar-refractivity contribution in [3.63, 3.8) is 0 Å². The quantitative estimate of drug-likeness (QED) is 0.828. The average Bonchev–Trinajstić information content (AvgIpc) is 2.38. The van der Waals surface area contributed by atoms with Crippen LogP contribution in [0.25, 0.3) is 0 Å². The number of rotatable bonds is 3. The van der Waals surface area contributed by atoms with Gasteiger partial charge < -0.3 is 5.73 Å². The second-order valence-corrected chi connectivity index (χ2v) is 5.63. The van der Waals surface area contributed by atoms with Gasteiger partial charge in [-0.3, -0.25) is 0 Å². The Morgan fingerprint density at radius 3 is 2.53 bits per heavy atom. The summed E-state index contributed by atoms with van der Waals surface area (Å²) in [5, 5.41) is 0. The highest BCUT2D eigenvalue weighted by molar-refractivity contribution is 5.25. The molecule has 0 aromatic heterocycles. The van der Waals surface area contributed by atoms with Gasteiger partial charge in [0.2, 0.25) is 0 Å². The lowest BCUT2D eigenvalue weighted by Crippen LogP contribution is -2.26. The van der Waals surface area contributed by atoms with Crippen LogP contribution in [0.3, 0.4) is 0 Å². The zero-order chi connectivity index (χ0) is 12.3. The van der Waals surface area contributed by atoms with Gasteiger partial charge in [-0.15, -0.1) is 0 Å². The third-order valence-electron chi connectivity index (χ3n) is 4.40. The molecule has 0 heterocycles. The Bertz CT molecular complexity index is 350. The van der Waals surface area contributed by atoms with Crippen molar-refractivity contribution in [2.75, 3.05) is 0 Å². The fourth-order valence-corrected chi connectivity index (χ4v) is 3.11. The van der Waals surface area contributed by atoms with Crippen molar-refractivity contribution in [2.24, 2.45) is 17.6 Å². The minimum atomic E-state index is 0.243. The van der Waals surface area contributed by atoms with Crippen molar-refractivity contribution in [2.45, 2.75) is 52.0 Å². The fourth-order valence-electron chi connectivity index (χ4n) is 3.11. The Balaban J connectivity index is 1.99. The van der Waals surface area contributed by atoms with E-state index in [0.717, 1.165) is 5.92 Å². The van der Waals surface area contributed by atoms with Gasteiger partial charge in [0.25, 0.3) is 0 Å². The summed E-state index contributed by atoms with van der Waals surface area (Å²) in [5.41, 5.74) is 9.07. The van der Waals surface area contributed by atoms with Gasteiger partial charge in [0, 0.05) is 6.04 Å². The number of benzene rings is 1. The Labute approximate surface area is 105 Å². The van der Waals surface area contributed by atoms with E-state index in [9.17, 15) is 0 Å². The third-order valence-corrected chi connectivity index (χ3v) is 4.40. The molecule has 0 aliphatic heterocycles. The maximum atomic E-state index is 6.43. The van der Waals surface area contributed by atoms with Crippen LogP contribution in [-0.4, -0.2) is 0 Å². The molecule has 1 aromatic carbocycles. The summed E-state index contributed by atoms with van der Waals surface area (Å²) < 4.78 is 0. The van der Waals surface area contributed by atoms with E-state index in [1.165, 1.54) is 43.2 Å². The van der Waals surface area contributed by atoms with E-state index >= 15 is 0 Å². The Hall–Kier alpha value is -0.820. The summed E-state index contributed by atoms with van der Waals surface area (Å²) in [6, 6.07) is 8.94. The lowest BCUT2D eigenvalue weighted by atomic mass is 9.76. The molecule has 1 nitrogen and oxygen atoms in total. The van der Waals surface area contributed by atoms with Gasteiger partial charge in [-0.25, -0.2) is 0 Å². The molecule has 0 radical (unpaired) electrons. The molecule has 1 heteroatoms. The van der Waals surface area contributed by atoms with Gasteiger partial charge in [-0.05, 0) is 37.2 Å². The molecule has 1 aromatic rings. The van der Waals surface area contributed by atoms with E-state index < -0.39 is 0 Å². The minimum absolute atomic E-state index is 0.243. The number of aryl methyl sites for hydroxylation is 1. The van der Waals surface area contributed by atoms with Crippen molar-refractivity contribution >= 4 is 0 Å². The van der Waals surface area contributed by atoms with Crippen molar-refractivity contribution in [3.05, 3.63) is 35.4 Å². The highest BCUT2D eigenvalue weighted by Gasteiger charge is 2.25. The molecule has 2 N–H and O–H groups in total. The van der Waals surface area contributed by atoms with E-state index in [1.807, 2.05) is 0 Å². The second-order valence-electron chi connectivity index (χ2n) is 5.63. The van der Waals surface area contributed by atoms with E-state index in [4.69, 9.17) is 5.73 Å². The average molecular weight is 231 g/mol. The fraction of sp³-hybridized carbons (Fsp3) is 0.625. The van der Waals surface area contributed by atoms with Crippen molar-refractivity contribution in [3.8, 4) is 0 Å². The first-order valence-corrected chi connectivity index (χ1v) is 7.03. The zero-order valence-corrected chi connectivity index (χ0v) is 11.2. The molecule has 1 atom stereocenters. The summed E-state index contributed by atoms with van der Waals surface area (Å²) in [7, 11) is 0. The number of hydrogen-bond donors (Lipinski definition) is 1. The molecule has 0 saturated heterocycles. The van der Waals surface area contributed by atoms with Crippen LogP contribution in [-0.2, 0) is 0 Å². The predicted molar refractivity (Wildman–Crippen MR) is 73.8 cm³/mol. The van der Waals surface area contributed by atoms with Gasteiger partial charge in [-0.2, -0.15) is 0 Å². The Morgan fingerprint density at radius 2 is 1.94 bits per heavy atom. The standard InChI is InChI=1S/C16H25N/c1-3-13-7-9-14(10-8-13)16(17)15-6-4-5-12(2)11-15/h4-6,11,13-14,16H,3,7-10,17H2,1-2H3. The molecule has 1 saturated carbocycles. The van der Waals surface area contributed by atoms with Gasteiger partial charge in [0.1, 0.15) is 0 Å². The summed E-state index contributed by atoms with van der Waals surface area (Å²) in [4.78, 5) is 0. The summed E-state index contributed by atoms with van der Waals surface area (Å²) in [5.74, 6) is 1.65. The molecule has 0 amide bonds. The molecule has 1 fully saturated rings. The summed E-state index contributed by atoms with van der Waals surface area (Å²) >= 11 is 0. The Kier molecular flexibility index (Phi) is 4.22. The molecule has 2 rings (SSSR count). The molecule has 1 aliphatic carbocycles. The molecule has 1 aliphatic rings. The van der Waals surface area contributed by atoms with Crippen LogP contribution in [0.4, 0.5) is 0 Å². The first-order valence-electron chi connectivity index (χ1n) is 7.03. The molecule has 1 unspecified atom stereocenters. The lowest BCUT2D eigenvalue weighted by Gasteiger charge is -2.32. The number of hydrogen-bond acceptors (Lipinski definition) is 1. The van der Waals surface area contributed by atoms with Crippen LogP contribution in [0.15, 0.2) is 24.3 Å². The van der Waals surface area contributed by atoms with E-state index in [1.54, 1.807) is 0 Å². The van der Waals surface area contributed by atoms with Crippen LogP contribution in [0, 0.1) is 18.8 Å². The first kappa shape index (κ1) is 12.6. The van der Waals surface area contributed by atoms with Crippen LogP contribution in [0.2, 0.25) is 0 Å². The molecule has 0 spiro atoms. The van der Waals surface area contributed by atoms with Crippen LogP contribution >= 0.6 is 0 Å². The highest BCUT2D eigenvalue weighted by Crippen LogP contribution is 2.36. The Morgan fingerprint density at radius 1 is 1.24 bits per heavy atom. The van der Waals surface area contributed by atoms with Crippen molar-refractivity contribution in [1.82, 2.24) is 0 Å². The smallest absolute Gasteiger partial charge is 0.0323 e. The largest absolute Gasteiger partial charge is 0.324 e. The first-order chi connectivity index (χ1) is 8.20. The highest BCUT2D eigenvalue weighted by atomic mass is 14.7. The maximum absolute atomic E-state index is 6.43. The van der Waals surface area contributed by atoms with E-state index in [-0.39, 0.29) is 6.04 Å². The molecule has 17 heavy (non-hydrogen) atoms. The van der Waals surface area contributed by atoms with Crippen LogP contribution in [0.5, 0.6) is 0 Å².